The van der Waals surface area contributed by atoms with E-state index < -0.39 is 0 Å². The number of ether oxygens (including phenoxy) is 2. The minimum absolute atomic E-state index is 0.0124. The molecule has 0 unspecified atom stereocenters. The van der Waals surface area contributed by atoms with Crippen molar-refractivity contribution in [3.63, 3.8) is 0 Å². The topological polar surface area (TPSA) is 60.5 Å². The molecule has 1 N–H and O–H groups in total. The van der Waals surface area contributed by atoms with Crippen LogP contribution >= 0.6 is 0 Å². The first-order chi connectivity index (χ1) is 12.3. The van der Waals surface area contributed by atoms with Gasteiger partial charge in [0.05, 0.1) is 12.3 Å². The van der Waals surface area contributed by atoms with E-state index in [9.17, 15) is 4.79 Å². The van der Waals surface area contributed by atoms with Crippen LogP contribution in [0.3, 0.4) is 0 Å². The van der Waals surface area contributed by atoms with Crippen molar-refractivity contribution >= 4 is 5.91 Å². The predicted octanol–water partition coefficient (Wildman–Crippen LogP) is 2.22. The maximum atomic E-state index is 12.3. The maximum absolute atomic E-state index is 12.3. The molecule has 5 nitrogen and oxygen atoms in total. The van der Waals surface area contributed by atoms with Crippen molar-refractivity contribution in [1.82, 2.24) is 10.3 Å². The lowest BCUT2D eigenvalue weighted by Gasteiger charge is -2.48. The van der Waals surface area contributed by atoms with Crippen LogP contribution in [-0.4, -0.2) is 36.3 Å². The molecule has 0 bridgehead atoms. The van der Waals surface area contributed by atoms with Crippen molar-refractivity contribution in [2.75, 3.05) is 13.2 Å². The van der Waals surface area contributed by atoms with Crippen LogP contribution in [0.4, 0.5) is 0 Å². The van der Waals surface area contributed by atoms with Gasteiger partial charge in [-0.25, -0.2) is 0 Å². The molecule has 1 aliphatic heterocycles. The molecule has 0 radical (unpaired) electrons. The standard InChI is InChI=1S/C20H22N2O3/c23-18(13-25-15-7-4-9-21-12-15)22-19-16-8-10-24-20(16)17(19)11-14-5-2-1-3-6-14/h1-7,9,12,16-17,19-20H,8,10-11,13H2,(H,22,23)/t16-,17+,19-,20-/m1/s1. The van der Waals surface area contributed by atoms with E-state index in [1.165, 1.54) is 5.56 Å². The van der Waals surface area contributed by atoms with Crippen LogP contribution in [0.15, 0.2) is 54.9 Å². The van der Waals surface area contributed by atoms with Crippen molar-refractivity contribution in [2.24, 2.45) is 11.8 Å². The molecule has 1 aromatic heterocycles. The maximum Gasteiger partial charge on any atom is 0.258 e. The third kappa shape index (κ3) is 3.51. The van der Waals surface area contributed by atoms with Gasteiger partial charge in [-0.3, -0.25) is 9.78 Å². The molecule has 1 saturated heterocycles. The molecule has 130 valence electrons. The third-order valence-electron chi connectivity index (χ3n) is 5.17. The number of benzene rings is 1. The van der Waals surface area contributed by atoms with Crippen LogP contribution in [0.25, 0.3) is 0 Å². The number of carbonyl (C=O) groups is 1. The van der Waals surface area contributed by atoms with E-state index in [4.69, 9.17) is 9.47 Å². The second-order valence-electron chi connectivity index (χ2n) is 6.71. The number of hydrogen-bond donors (Lipinski definition) is 1. The zero-order valence-electron chi connectivity index (χ0n) is 14.0. The molecular formula is C20H22N2O3. The number of rotatable bonds is 6. The summed E-state index contributed by atoms with van der Waals surface area (Å²) in [6, 6.07) is 14.1. The summed E-state index contributed by atoms with van der Waals surface area (Å²) < 4.78 is 11.4. The Labute approximate surface area is 147 Å². The fourth-order valence-corrected chi connectivity index (χ4v) is 3.98. The molecular weight excluding hydrogens is 316 g/mol. The second-order valence-corrected chi connectivity index (χ2v) is 6.71. The van der Waals surface area contributed by atoms with Crippen LogP contribution in [0.2, 0.25) is 0 Å². The van der Waals surface area contributed by atoms with Gasteiger partial charge in [0.15, 0.2) is 6.61 Å². The van der Waals surface area contributed by atoms with Crippen LogP contribution in [0, 0.1) is 11.8 Å². The Balaban J connectivity index is 1.35. The number of carbonyl (C=O) groups excluding carboxylic acids is 1. The summed E-state index contributed by atoms with van der Waals surface area (Å²) >= 11 is 0. The first-order valence-corrected chi connectivity index (χ1v) is 8.79. The van der Waals surface area contributed by atoms with Crippen LogP contribution in [-0.2, 0) is 16.0 Å². The molecule has 25 heavy (non-hydrogen) atoms. The smallest absolute Gasteiger partial charge is 0.258 e. The highest BCUT2D eigenvalue weighted by molar-refractivity contribution is 5.78. The molecule has 2 aromatic rings. The SMILES string of the molecule is O=C(COc1cccnc1)N[C@@H]1[C@H]2CCO[C@H]2[C@H]1Cc1ccccc1. The lowest BCUT2D eigenvalue weighted by Crippen LogP contribution is -2.62. The predicted molar refractivity (Wildman–Crippen MR) is 93.1 cm³/mol. The molecule has 1 aromatic carbocycles. The Morgan fingerprint density at radius 1 is 1.24 bits per heavy atom. The van der Waals surface area contributed by atoms with Gasteiger partial charge in [0, 0.05) is 30.7 Å². The monoisotopic (exact) mass is 338 g/mol. The van der Waals surface area contributed by atoms with Gasteiger partial charge in [0.25, 0.3) is 5.91 Å². The van der Waals surface area contributed by atoms with E-state index in [0.29, 0.717) is 17.6 Å². The van der Waals surface area contributed by atoms with E-state index in [-0.39, 0.29) is 24.7 Å². The zero-order chi connectivity index (χ0) is 17.1. The molecule has 1 aliphatic carbocycles. The van der Waals surface area contributed by atoms with Gasteiger partial charge < -0.3 is 14.8 Å². The highest BCUT2D eigenvalue weighted by atomic mass is 16.5. The normalized spacial score (nSPS) is 27.2. The number of nitrogens with zero attached hydrogens (tertiary/aromatic N) is 1. The summed E-state index contributed by atoms with van der Waals surface area (Å²) in [4.78, 5) is 16.3. The van der Waals surface area contributed by atoms with Crippen molar-refractivity contribution < 1.29 is 14.3 Å². The molecule has 4 atom stereocenters. The fourth-order valence-electron chi connectivity index (χ4n) is 3.98. The number of amides is 1. The minimum Gasteiger partial charge on any atom is -0.482 e. The molecule has 1 saturated carbocycles. The average molecular weight is 338 g/mol. The highest BCUT2D eigenvalue weighted by Gasteiger charge is 2.53. The van der Waals surface area contributed by atoms with Crippen molar-refractivity contribution in [3.8, 4) is 5.75 Å². The second kappa shape index (κ2) is 7.23. The van der Waals surface area contributed by atoms with E-state index in [0.717, 1.165) is 19.4 Å². The molecule has 4 rings (SSSR count). The Bertz CT molecular complexity index is 707. The lowest BCUT2D eigenvalue weighted by atomic mass is 9.64. The van der Waals surface area contributed by atoms with Gasteiger partial charge in [0.2, 0.25) is 0 Å². The van der Waals surface area contributed by atoms with E-state index in [2.05, 4.69) is 34.6 Å². The molecule has 1 amide bonds. The summed E-state index contributed by atoms with van der Waals surface area (Å²) in [5.41, 5.74) is 1.28. The number of fused-ring (bicyclic) bond motifs is 1. The van der Waals surface area contributed by atoms with Gasteiger partial charge in [-0.15, -0.1) is 0 Å². The summed E-state index contributed by atoms with van der Waals surface area (Å²) in [5, 5.41) is 3.16. The average Bonchev–Trinajstić information content (AvgIpc) is 3.09. The minimum atomic E-state index is -0.0859. The summed E-state index contributed by atoms with van der Waals surface area (Å²) in [6.07, 6.45) is 5.50. The molecule has 5 heteroatoms. The summed E-state index contributed by atoms with van der Waals surface area (Å²) in [6.45, 7) is 0.803. The number of hydrogen-bond acceptors (Lipinski definition) is 4. The van der Waals surface area contributed by atoms with Gasteiger partial charge in [-0.05, 0) is 30.5 Å². The first-order valence-electron chi connectivity index (χ1n) is 8.79. The largest absolute Gasteiger partial charge is 0.482 e. The molecule has 2 fully saturated rings. The van der Waals surface area contributed by atoms with E-state index in [1.54, 1.807) is 24.5 Å². The Hall–Kier alpha value is -2.40. The van der Waals surface area contributed by atoms with Crippen LogP contribution in [0.1, 0.15) is 12.0 Å². The Morgan fingerprint density at radius 3 is 2.92 bits per heavy atom. The van der Waals surface area contributed by atoms with Crippen molar-refractivity contribution in [2.45, 2.75) is 25.0 Å². The van der Waals surface area contributed by atoms with Gasteiger partial charge in [-0.1, -0.05) is 30.3 Å². The molecule has 2 heterocycles. The first kappa shape index (κ1) is 16.1. The zero-order valence-corrected chi connectivity index (χ0v) is 14.0. The summed E-state index contributed by atoms with van der Waals surface area (Å²) in [7, 11) is 0. The number of aromatic nitrogens is 1. The summed E-state index contributed by atoms with van der Waals surface area (Å²) in [5.74, 6) is 1.28. The number of nitrogens with one attached hydrogen (secondary N) is 1. The fraction of sp³-hybridized carbons (Fsp3) is 0.400. The number of pyridine rings is 1. The Morgan fingerprint density at radius 2 is 2.12 bits per heavy atom. The van der Waals surface area contributed by atoms with Gasteiger partial charge >= 0.3 is 0 Å². The quantitative estimate of drug-likeness (QED) is 0.877. The third-order valence-corrected chi connectivity index (χ3v) is 5.17. The Kier molecular flexibility index (Phi) is 4.65. The van der Waals surface area contributed by atoms with Crippen molar-refractivity contribution in [1.29, 1.82) is 0 Å². The van der Waals surface area contributed by atoms with Gasteiger partial charge in [0.1, 0.15) is 5.75 Å². The van der Waals surface area contributed by atoms with Crippen molar-refractivity contribution in [3.05, 3.63) is 60.4 Å². The van der Waals surface area contributed by atoms with Crippen LogP contribution < -0.4 is 10.1 Å². The molecule has 2 aliphatic rings. The lowest BCUT2D eigenvalue weighted by molar-refractivity contribution is -0.129. The van der Waals surface area contributed by atoms with E-state index >= 15 is 0 Å². The van der Waals surface area contributed by atoms with Gasteiger partial charge in [-0.2, -0.15) is 0 Å². The highest BCUT2D eigenvalue weighted by Crippen LogP contribution is 2.45. The van der Waals surface area contributed by atoms with E-state index in [1.807, 2.05) is 6.07 Å². The molecule has 0 spiro atoms. The van der Waals surface area contributed by atoms with Crippen LogP contribution in [0.5, 0.6) is 5.75 Å².